The van der Waals surface area contributed by atoms with E-state index in [1.165, 1.54) is 16.9 Å². The molecule has 2 unspecified atom stereocenters. The van der Waals surface area contributed by atoms with E-state index in [1.807, 2.05) is 6.92 Å². The molecule has 3 rings (SSSR count). The van der Waals surface area contributed by atoms with Crippen molar-refractivity contribution in [2.24, 2.45) is 11.7 Å². The first kappa shape index (κ1) is 19.8. The van der Waals surface area contributed by atoms with Crippen molar-refractivity contribution in [3.8, 4) is 10.6 Å². The molecule has 1 aromatic heterocycles. The fourth-order valence-corrected chi connectivity index (χ4v) is 4.25. The van der Waals surface area contributed by atoms with Gasteiger partial charge in [0.2, 0.25) is 11.0 Å². The summed E-state index contributed by atoms with van der Waals surface area (Å²) in [6.45, 7) is 6.10. The van der Waals surface area contributed by atoms with Gasteiger partial charge in [-0.05, 0) is 39.2 Å². The van der Waals surface area contributed by atoms with Crippen molar-refractivity contribution in [3.63, 3.8) is 0 Å². The number of hydrogen-bond donors (Lipinski definition) is 2. The summed E-state index contributed by atoms with van der Waals surface area (Å²) in [6, 6.07) is 6.23. The number of halogens is 1. The molecule has 25 heavy (non-hydrogen) atoms. The first-order valence-corrected chi connectivity index (χ1v) is 9.19. The van der Waals surface area contributed by atoms with Crippen LogP contribution in [-0.4, -0.2) is 21.6 Å². The van der Waals surface area contributed by atoms with Crippen LogP contribution in [0.2, 0.25) is 0 Å². The summed E-state index contributed by atoms with van der Waals surface area (Å²) in [5, 5.41) is 12.6. The Kier molecular flexibility index (Phi) is 6.19. The number of aryl methyl sites for hydroxylation is 2. The zero-order chi connectivity index (χ0) is 17.3. The van der Waals surface area contributed by atoms with E-state index >= 15 is 0 Å². The molecule has 1 aliphatic rings. The lowest BCUT2D eigenvalue weighted by atomic mass is 9.74. The number of hydrogen-bond acceptors (Lipinski definition) is 5. The summed E-state index contributed by atoms with van der Waals surface area (Å²) in [4.78, 5) is 12.6. The number of nitrogens with one attached hydrogen (secondary N) is 1. The van der Waals surface area contributed by atoms with Gasteiger partial charge in [-0.25, -0.2) is 0 Å². The van der Waals surface area contributed by atoms with Crippen molar-refractivity contribution in [3.05, 3.63) is 29.3 Å². The minimum atomic E-state index is -0.441. The van der Waals surface area contributed by atoms with Crippen LogP contribution in [0.5, 0.6) is 0 Å². The van der Waals surface area contributed by atoms with Crippen LogP contribution in [-0.2, 0) is 4.79 Å². The molecule has 0 saturated heterocycles. The zero-order valence-electron chi connectivity index (χ0n) is 14.8. The van der Waals surface area contributed by atoms with Crippen LogP contribution in [0.15, 0.2) is 18.2 Å². The number of nitrogens with zero attached hydrogens (tertiary/aromatic N) is 2. The first-order valence-electron chi connectivity index (χ1n) is 8.38. The number of carbonyl (C=O) groups is 1. The van der Waals surface area contributed by atoms with Crippen LogP contribution in [0.3, 0.4) is 0 Å². The number of amides is 1. The Morgan fingerprint density at radius 2 is 2.08 bits per heavy atom. The third-order valence-electron chi connectivity index (χ3n) is 4.84. The SMILES string of the molecule is Cc1ccc(-c2nnc(NC(=O)C3CCCCC3(C)N)s2)c(C)c1.Cl. The van der Waals surface area contributed by atoms with Crippen LogP contribution in [0.25, 0.3) is 10.6 Å². The van der Waals surface area contributed by atoms with Gasteiger partial charge in [0, 0.05) is 11.1 Å². The fraction of sp³-hybridized carbons (Fsp3) is 0.500. The van der Waals surface area contributed by atoms with Crippen molar-refractivity contribution in [1.29, 1.82) is 0 Å². The number of benzene rings is 1. The summed E-state index contributed by atoms with van der Waals surface area (Å²) in [6.07, 6.45) is 3.86. The number of anilines is 1. The van der Waals surface area contributed by atoms with Crippen LogP contribution < -0.4 is 11.1 Å². The lowest BCUT2D eigenvalue weighted by Gasteiger charge is -2.36. The predicted molar refractivity (Wildman–Crippen MR) is 105 cm³/mol. The molecule has 0 spiro atoms. The molecule has 1 fully saturated rings. The number of rotatable bonds is 3. The van der Waals surface area contributed by atoms with E-state index in [-0.39, 0.29) is 24.2 Å². The van der Waals surface area contributed by atoms with E-state index in [0.29, 0.717) is 5.13 Å². The Labute approximate surface area is 158 Å². The van der Waals surface area contributed by atoms with Crippen molar-refractivity contribution < 1.29 is 4.79 Å². The highest BCUT2D eigenvalue weighted by atomic mass is 35.5. The van der Waals surface area contributed by atoms with Crippen molar-refractivity contribution in [2.45, 2.75) is 52.0 Å². The molecule has 3 N–H and O–H groups in total. The van der Waals surface area contributed by atoms with Gasteiger partial charge in [-0.1, -0.05) is 47.9 Å². The standard InChI is InChI=1S/C18H24N4OS.ClH/c1-11-7-8-13(12(2)10-11)16-21-22-17(24-16)20-15(23)14-6-4-5-9-18(14,3)19;/h7-8,10,14H,4-6,9,19H2,1-3H3,(H,20,22,23);1H. The summed E-state index contributed by atoms with van der Waals surface area (Å²) in [7, 11) is 0. The quantitative estimate of drug-likeness (QED) is 0.840. The number of nitrogens with two attached hydrogens (primary N) is 1. The number of aromatic nitrogens is 2. The molecule has 1 heterocycles. The van der Waals surface area contributed by atoms with Crippen molar-refractivity contribution in [1.82, 2.24) is 10.2 Å². The highest BCUT2D eigenvalue weighted by Gasteiger charge is 2.38. The molecule has 136 valence electrons. The summed E-state index contributed by atoms with van der Waals surface area (Å²) >= 11 is 1.40. The zero-order valence-corrected chi connectivity index (χ0v) is 16.5. The molecule has 2 atom stereocenters. The molecule has 1 aliphatic carbocycles. The van der Waals surface area contributed by atoms with Gasteiger partial charge in [-0.3, -0.25) is 4.79 Å². The molecule has 1 amide bonds. The third-order valence-corrected chi connectivity index (χ3v) is 5.71. The lowest BCUT2D eigenvalue weighted by molar-refractivity contribution is -0.122. The minimum Gasteiger partial charge on any atom is -0.325 e. The highest BCUT2D eigenvalue weighted by Crippen LogP contribution is 2.34. The second-order valence-electron chi connectivity index (χ2n) is 7.02. The smallest absolute Gasteiger partial charge is 0.231 e. The van der Waals surface area contributed by atoms with Gasteiger partial charge >= 0.3 is 0 Å². The minimum absolute atomic E-state index is 0. The maximum atomic E-state index is 12.6. The second-order valence-corrected chi connectivity index (χ2v) is 8.00. The molecule has 0 aliphatic heterocycles. The highest BCUT2D eigenvalue weighted by molar-refractivity contribution is 7.18. The van der Waals surface area contributed by atoms with Gasteiger partial charge in [0.05, 0.1) is 5.92 Å². The summed E-state index contributed by atoms with van der Waals surface area (Å²) in [5.41, 5.74) is 9.30. The van der Waals surface area contributed by atoms with E-state index in [9.17, 15) is 4.79 Å². The Morgan fingerprint density at radius 3 is 2.76 bits per heavy atom. The number of carbonyl (C=O) groups excluding carboxylic acids is 1. The predicted octanol–water partition coefficient (Wildman–Crippen LogP) is 4.09. The van der Waals surface area contributed by atoms with Gasteiger partial charge in [-0.2, -0.15) is 0 Å². The normalized spacial score (nSPS) is 23.0. The first-order chi connectivity index (χ1) is 11.4. The van der Waals surface area contributed by atoms with Gasteiger partial charge in [0.1, 0.15) is 5.01 Å². The molecule has 0 radical (unpaired) electrons. The maximum Gasteiger partial charge on any atom is 0.231 e. The molecule has 5 nitrogen and oxygen atoms in total. The Hall–Kier alpha value is -1.50. The summed E-state index contributed by atoms with van der Waals surface area (Å²) in [5.74, 6) is -0.206. The van der Waals surface area contributed by atoms with Crippen molar-refractivity contribution >= 4 is 34.8 Å². The van der Waals surface area contributed by atoms with Gasteiger partial charge < -0.3 is 11.1 Å². The Morgan fingerprint density at radius 1 is 1.32 bits per heavy atom. The van der Waals surface area contributed by atoms with Crippen LogP contribution >= 0.6 is 23.7 Å². The van der Waals surface area contributed by atoms with Crippen LogP contribution in [0.4, 0.5) is 5.13 Å². The molecule has 2 aromatic rings. The Balaban J connectivity index is 0.00000225. The summed E-state index contributed by atoms with van der Waals surface area (Å²) < 4.78 is 0. The van der Waals surface area contributed by atoms with Crippen LogP contribution in [0.1, 0.15) is 43.7 Å². The molecular formula is C18H25ClN4OS. The third kappa shape index (κ3) is 4.37. The molecular weight excluding hydrogens is 356 g/mol. The fourth-order valence-electron chi connectivity index (χ4n) is 3.42. The van der Waals surface area contributed by atoms with E-state index in [0.717, 1.165) is 41.8 Å². The monoisotopic (exact) mass is 380 g/mol. The average molecular weight is 381 g/mol. The maximum absolute atomic E-state index is 12.6. The lowest BCUT2D eigenvalue weighted by Crippen LogP contribution is -2.51. The average Bonchev–Trinajstić information content (AvgIpc) is 2.94. The van der Waals surface area contributed by atoms with Gasteiger partial charge in [0.15, 0.2) is 0 Å². The van der Waals surface area contributed by atoms with E-state index in [4.69, 9.17) is 5.73 Å². The topological polar surface area (TPSA) is 80.9 Å². The molecule has 1 saturated carbocycles. The second kappa shape index (κ2) is 7.81. The molecule has 1 aromatic carbocycles. The largest absolute Gasteiger partial charge is 0.325 e. The Bertz CT molecular complexity index is 759. The van der Waals surface area contributed by atoms with Gasteiger partial charge in [-0.15, -0.1) is 22.6 Å². The van der Waals surface area contributed by atoms with E-state index in [2.05, 4.69) is 47.6 Å². The van der Waals surface area contributed by atoms with Gasteiger partial charge in [0.25, 0.3) is 0 Å². The van der Waals surface area contributed by atoms with E-state index < -0.39 is 5.54 Å². The van der Waals surface area contributed by atoms with E-state index in [1.54, 1.807) is 0 Å². The molecule has 0 bridgehead atoms. The van der Waals surface area contributed by atoms with Crippen LogP contribution in [0, 0.1) is 19.8 Å². The molecule has 7 heteroatoms. The van der Waals surface area contributed by atoms with Crippen molar-refractivity contribution in [2.75, 3.05) is 5.32 Å².